The third kappa shape index (κ3) is 4.78. The van der Waals surface area contributed by atoms with Crippen LogP contribution in [0.25, 0.3) is 0 Å². The van der Waals surface area contributed by atoms with Crippen molar-refractivity contribution in [1.29, 1.82) is 0 Å². The predicted octanol–water partition coefficient (Wildman–Crippen LogP) is 0.395. The number of nitrogens with zero attached hydrogens (tertiary/aromatic N) is 2. The molecule has 0 aromatic heterocycles. The SMILES string of the molecule is CN(C)C(=PC(c1ccccc1)=[N+](C)C)c1ccccc1.[Cl-]. The van der Waals surface area contributed by atoms with Crippen LogP contribution >= 0.6 is 8.20 Å². The summed E-state index contributed by atoms with van der Waals surface area (Å²) in [6, 6.07) is 21.1. The van der Waals surface area contributed by atoms with Gasteiger partial charge in [0.25, 0.3) is 0 Å². The van der Waals surface area contributed by atoms with Gasteiger partial charge in [0, 0.05) is 8.20 Å². The van der Waals surface area contributed by atoms with Gasteiger partial charge in [0.05, 0.1) is 11.0 Å². The third-order valence-corrected chi connectivity index (χ3v) is 4.86. The Morgan fingerprint density at radius 3 is 1.68 bits per heavy atom. The molecule has 0 aliphatic carbocycles. The summed E-state index contributed by atoms with van der Waals surface area (Å²) in [6.07, 6.45) is 0. The highest BCUT2D eigenvalue weighted by atomic mass is 35.5. The van der Waals surface area contributed by atoms with Crippen molar-refractivity contribution in [3.05, 3.63) is 71.8 Å². The third-order valence-electron chi connectivity index (χ3n) is 3.12. The molecule has 2 aromatic rings. The Morgan fingerprint density at radius 2 is 1.27 bits per heavy atom. The van der Waals surface area contributed by atoms with E-state index < -0.39 is 0 Å². The van der Waals surface area contributed by atoms with Gasteiger partial charge in [-0.1, -0.05) is 48.5 Å². The molecule has 0 fully saturated rings. The first kappa shape index (κ1) is 18.6. The van der Waals surface area contributed by atoms with Crippen molar-refractivity contribution in [2.24, 2.45) is 0 Å². The monoisotopic (exact) mass is 332 g/mol. The fourth-order valence-corrected chi connectivity index (χ4v) is 3.28. The molecule has 0 heterocycles. The van der Waals surface area contributed by atoms with Crippen LogP contribution in [-0.2, 0) is 0 Å². The highest BCUT2D eigenvalue weighted by Gasteiger charge is 2.13. The van der Waals surface area contributed by atoms with E-state index in [1.165, 1.54) is 30.2 Å². The van der Waals surface area contributed by atoms with Gasteiger partial charge in [-0.3, -0.25) is 4.90 Å². The first-order valence-corrected chi connectivity index (χ1v) is 7.90. The van der Waals surface area contributed by atoms with Crippen LogP contribution in [0.2, 0.25) is 0 Å². The normalized spacial score (nSPS) is 11.0. The standard InChI is InChI=1S/C18H22N2P.ClH/c1-19(2)17(15-11-7-5-8-12-15)21-18(20(3)4)16-13-9-6-10-14-16;/h5-14H,1-4H3;1H/q+1;/p-1. The maximum atomic E-state index is 2.20. The second kappa shape index (κ2) is 8.85. The summed E-state index contributed by atoms with van der Waals surface area (Å²) in [5.74, 6) is 0. The van der Waals surface area contributed by atoms with Gasteiger partial charge < -0.3 is 12.4 Å². The minimum Gasteiger partial charge on any atom is -1.00 e. The van der Waals surface area contributed by atoms with Crippen molar-refractivity contribution < 1.29 is 17.0 Å². The van der Waals surface area contributed by atoms with Crippen LogP contribution in [0.1, 0.15) is 11.1 Å². The van der Waals surface area contributed by atoms with Gasteiger partial charge >= 0.3 is 0 Å². The lowest BCUT2D eigenvalue weighted by Crippen LogP contribution is -3.00. The molecule has 4 heteroatoms. The van der Waals surface area contributed by atoms with Crippen molar-refractivity contribution in [2.75, 3.05) is 28.2 Å². The molecule has 0 amide bonds. The summed E-state index contributed by atoms with van der Waals surface area (Å²) in [5.41, 5.74) is 5.12. The zero-order chi connectivity index (χ0) is 15.2. The van der Waals surface area contributed by atoms with Gasteiger partial charge in [0.15, 0.2) is 0 Å². The van der Waals surface area contributed by atoms with Crippen molar-refractivity contribution in [1.82, 2.24) is 4.90 Å². The predicted molar refractivity (Wildman–Crippen MR) is 93.8 cm³/mol. The van der Waals surface area contributed by atoms with E-state index in [4.69, 9.17) is 0 Å². The van der Waals surface area contributed by atoms with Crippen molar-refractivity contribution >= 4 is 19.1 Å². The molecule has 0 aliphatic heterocycles. The second-order valence-electron chi connectivity index (χ2n) is 5.28. The van der Waals surface area contributed by atoms with Gasteiger partial charge in [0.1, 0.15) is 14.1 Å². The Morgan fingerprint density at radius 1 is 0.818 bits per heavy atom. The molecule has 0 radical (unpaired) electrons. The maximum Gasteiger partial charge on any atom is 0.233 e. The number of rotatable bonds is 4. The molecule has 116 valence electrons. The largest absolute Gasteiger partial charge is 1.00 e. The van der Waals surface area contributed by atoms with Crippen LogP contribution in [0, 0.1) is 0 Å². The zero-order valence-corrected chi connectivity index (χ0v) is 15.1. The van der Waals surface area contributed by atoms with Gasteiger partial charge in [-0.05, 0) is 31.8 Å². The smallest absolute Gasteiger partial charge is 0.233 e. The number of benzene rings is 2. The number of hydrogen-bond acceptors (Lipinski definition) is 0. The lowest BCUT2D eigenvalue weighted by molar-refractivity contribution is -0.461. The summed E-state index contributed by atoms with van der Waals surface area (Å²) < 4.78 is 2.20. The summed E-state index contributed by atoms with van der Waals surface area (Å²) in [7, 11) is 9.63. The number of halogens is 1. The molecule has 2 aromatic carbocycles. The topological polar surface area (TPSA) is 6.25 Å². The van der Waals surface area contributed by atoms with Gasteiger partial charge in [-0.2, -0.15) is 0 Å². The molecule has 2 nitrogen and oxygen atoms in total. The number of hydrogen-bond donors (Lipinski definition) is 0. The van der Waals surface area contributed by atoms with Crippen LogP contribution in [0.15, 0.2) is 60.7 Å². The molecule has 0 atom stereocenters. The lowest BCUT2D eigenvalue weighted by atomic mass is 10.2. The molecular weight excluding hydrogens is 311 g/mol. The Kier molecular flexibility index (Phi) is 7.47. The van der Waals surface area contributed by atoms with E-state index in [0.717, 1.165) is 0 Å². The molecule has 22 heavy (non-hydrogen) atoms. The fraction of sp³-hybridized carbons (Fsp3) is 0.222. The molecule has 0 spiro atoms. The van der Waals surface area contributed by atoms with Crippen LogP contribution in [0.5, 0.6) is 0 Å². The van der Waals surface area contributed by atoms with Crippen molar-refractivity contribution in [3.8, 4) is 0 Å². The molecule has 2 rings (SSSR count). The molecule has 0 N–H and O–H groups in total. The van der Waals surface area contributed by atoms with Crippen LogP contribution in [0.4, 0.5) is 0 Å². The van der Waals surface area contributed by atoms with Crippen LogP contribution in [0.3, 0.4) is 0 Å². The molecule has 0 saturated heterocycles. The Hall–Kier alpha value is -1.47. The Balaban J connectivity index is 0.00000242. The molecule has 0 saturated carbocycles. The quantitative estimate of drug-likeness (QED) is 0.446. The van der Waals surface area contributed by atoms with Gasteiger partial charge in [0.2, 0.25) is 5.45 Å². The average Bonchev–Trinajstić information content (AvgIpc) is 2.49. The second-order valence-corrected chi connectivity index (χ2v) is 6.35. The summed E-state index contributed by atoms with van der Waals surface area (Å²) >= 11 is 0. The minimum absolute atomic E-state index is 0. The summed E-state index contributed by atoms with van der Waals surface area (Å²) in [6.45, 7) is 0. The molecule has 0 bridgehead atoms. The Bertz CT molecular complexity index is 645. The van der Waals surface area contributed by atoms with Crippen molar-refractivity contribution in [2.45, 2.75) is 0 Å². The van der Waals surface area contributed by atoms with E-state index in [0.29, 0.717) is 0 Å². The maximum absolute atomic E-state index is 2.20. The van der Waals surface area contributed by atoms with Gasteiger partial charge in [-0.15, -0.1) is 0 Å². The fourth-order valence-electron chi connectivity index (χ4n) is 2.12. The van der Waals surface area contributed by atoms with E-state index in [1.54, 1.807) is 0 Å². The Labute approximate surface area is 141 Å². The minimum atomic E-state index is 0. The van der Waals surface area contributed by atoms with Crippen molar-refractivity contribution in [3.63, 3.8) is 0 Å². The van der Waals surface area contributed by atoms with E-state index in [9.17, 15) is 0 Å². The van der Waals surface area contributed by atoms with E-state index in [2.05, 4.69) is 98.3 Å². The van der Waals surface area contributed by atoms with E-state index in [-0.39, 0.29) is 12.4 Å². The summed E-state index contributed by atoms with van der Waals surface area (Å²) in [4.78, 5) is 2.20. The molecular formula is C18H22ClN2P. The summed E-state index contributed by atoms with van der Waals surface area (Å²) in [5, 5.41) is 0. The highest BCUT2D eigenvalue weighted by Crippen LogP contribution is 2.18. The highest BCUT2D eigenvalue weighted by molar-refractivity contribution is 7.60. The zero-order valence-electron chi connectivity index (χ0n) is 13.5. The van der Waals surface area contributed by atoms with E-state index in [1.807, 2.05) is 0 Å². The average molecular weight is 333 g/mol. The lowest BCUT2D eigenvalue weighted by Gasteiger charge is -2.14. The van der Waals surface area contributed by atoms with Crippen LogP contribution in [-0.4, -0.2) is 48.5 Å². The van der Waals surface area contributed by atoms with Crippen LogP contribution < -0.4 is 12.4 Å². The molecule has 0 unspecified atom stereocenters. The first-order chi connectivity index (χ1) is 10.1. The van der Waals surface area contributed by atoms with Gasteiger partial charge in [-0.25, -0.2) is 4.58 Å². The molecule has 0 aliphatic rings. The van der Waals surface area contributed by atoms with E-state index >= 15 is 0 Å². The first-order valence-electron chi connectivity index (χ1n) is 7.00.